The monoisotopic (exact) mass is 268 g/mol. The summed E-state index contributed by atoms with van der Waals surface area (Å²) in [6.45, 7) is 5.71. The summed E-state index contributed by atoms with van der Waals surface area (Å²) in [5, 5.41) is 6.44. The predicted molar refractivity (Wildman–Crippen MR) is 74.6 cm³/mol. The molecular formula is C15H22F2N2. The quantitative estimate of drug-likeness (QED) is 0.874. The van der Waals surface area contributed by atoms with E-state index >= 15 is 0 Å². The maximum absolute atomic E-state index is 13.9. The maximum Gasteiger partial charge on any atom is 0.146 e. The van der Waals surface area contributed by atoms with Crippen LogP contribution in [0, 0.1) is 11.7 Å². The molecule has 2 N–H and O–H groups in total. The molecule has 19 heavy (non-hydrogen) atoms. The van der Waals surface area contributed by atoms with Crippen LogP contribution in [0.15, 0.2) is 18.2 Å². The molecule has 1 heterocycles. The predicted octanol–water partition coefficient (Wildman–Crippen LogP) is 3.44. The summed E-state index contributed by atoms with van der Waals surface area (Å²) < 4.78 is 27.6. The van der Waals surface area contributed by atoms with Crippen LogP contribution in [0.2, 0.25) is 0 Å². The van der Waals surface area contributed by atoms with E-state index in [0.717, 1.165) is 32.5 Å². The highest BCUT2D eigenvalue weighted by Crippen LogP contribution is 2.27. The van der Waals surface area contributed by atoms with E-state index in [1.807, 2.05) is 0 Å². The summed E-state index contributed by atoms with van der Waals surface area (Å²) in [6.07, 6.45) is 2.23. The Morgan fingerprint density at radius 1 is 1.32 bits per heavy atom. The van der Waals surface area contributed by atoms with E-state index in [9.17, 15) is 8.78 Å². The number of hydrogen-bond donors (Lipinski definition) is 2. The fourth-order valence-electron chi connectivity index (χ4n) is 2.37. The average Bonchev–Trinajstić information content (AvgIpc) is 2.37. The minimum absolute atomic E-state index is 0.373. The van der Waals surface area contributed by atoms with Gasteiger partial charge in [0.1, 0.15) is 11.5 Å². The number of halogens is 2. The van der Waals surface area contributed by atoms with Crippen LogP contribution in [0.5, 0.6) is 0 Å². The van der Waals surface area contributed by atoms with Crippen molar-refractivity contribution in [3.63, 3.8) is 0 Å². The van der Waals surface area contributed by atoms with Crippen molar-refractivity contribution in [2.45, 2.75) is 32.4 Å². The van der Waals surface area contributed by atoms with Gasteiger partial charge in [0.05, 0.1) is 5.69 Å². The summed E-state index contributed by atoms with van der Waals surface area (Å²) in [5.41, 5.74) is -0.669. The minimum atomic E-state index is -1.51. The fourth-order valence-corrected chi connectivity index (χ4v) is 2.37. The summed E-state index contributed by atoms with van der Waals surface area (Å²) in [7, 11) is 0. The molecule has 0 aliphatic carbocycles. The highest BCUT2D eigenvalue weighted by atomic mass is 19.1. The van der Waals surface area contributed by atoms with Gasteiger partial charge in [-0.15, -0.1) is 0 Å². The Bertz CT molecular complexity index is 421. The lowest BCUT2D eigenvalue weighted by Crippen LogP contribution is -2.31. The summed E-state index contributed by atoms with van der Waals surface area (Å²) in [4.78, 5) is 0. The van der Waals surface area contributed by atoms with E-state index in [2.05, 4.69) is 10.6 Å². The molecule has 1 fully saturated rings. The van der Waals surface area contributed by atoms with Crippen molar-refractivity contribution in [1.82, 2.24) is 5.32 Å². The van der Waals surface area contributed by atoms with Gasteiger partial charge in [-0.3, -0.25) is 0 Å². The van der Waals surface area contributed by atoms with Crippen LogP contribution in [0.25, 0.3) is 0 Å². The molecule has 106 valence electrons. The highest BCUT2D eigenvalue weighted by Gasteiger charge is 2.20. The molecule has 0 saturated carbocycles. The van der Waals surface area contributed by atoms with Crippen molar-refractivity contribution in [2.75, 3.05) is 25.0 Å². The van der Waals surface area contributed by atoms with Crippen molar-refractivity contribution in [3.05, 3.63) is 29.6 Å². The lowest BCUT2D eigenvalue weighted by Gasteiger charge is -2.23. The molecule has 0 aromatic heterocycles. The van der Waals surface area contributed by atoms with E-state index in [-0.39, 0.29) is 5.82 Å². The topological polar surface area (TPSA) is 24.1 Å². The first-order valence-corrected chi connectivity index (χ1v) is 6.90. The first-order chi connectivity index (χ1) is 8.97. The first kappa shape index (κ1) is 14.3. The third-order valence-electron chi connectivity index (χ3n) is 3.70. The Kier molecular flexibility index (Phi) is 4.40. The number of piperidine rings is 1. The van der Waals surface area contributed by atoms with Crippen molar-refractivity contribution in [1.29, 1.82) is 0 Å². The third kappa shape index (κ3) is 3.90. The Morgan fingerprint density at radius 2 is 2.00 bits per heavy atom. The zero-order valence-corrected chi connectivity index (χ0v) is 11.6. The van der Waals surface area contributed by atoms with E-state index in [1.54, 1.807) is 12.1 Å². The number of anilines is 1. The molecule has 0 amide bonds. The Hall–Kier alpha value is -1.16. The van der Waals surface area contributed by atoms with Gasteiger partial charge < -0.3 is 10.6 Å². The van der Waals surface area contributed by atoms with Crippen LogP contribution in [0.3, 0.4) is 0 Å². The van der Waals surface area contributed by atoms with Crippen LogP contribution < -0.4 is 10.6 Å². The van der Waals surface area contributed by atoms with Crippen LogP contribution in [0.1, 0.15) is 32.3 Å². The molecule has 0 unspecified atom stereocenters. The first-order valence-electron chi connectivity index (χ1n) is 6.90. The van der Waals surface area contributed by atoms with Crippen molar-refractivity contribution in [2.24, 2.45) is 5.92 Å². The molecule has 1 aliphatic rings. The number of rotatable bonds is 4. The number of benzene rings is 1. The van der Waals surface area contributed by atoms with Gasteiger partial charge in [-0.05, 0) is 63.4 Å². The highest BCUT2D eigenvalue weighted by molar-refractivity contribution is 5.47. The second-order valence-corrected chi connectivity index (χ2v) is 5.74. The zero-order valence-electron chi connectivity index (χ0n) is 11.6. The van der Waals surface area contributed by atoms with Crippen molar-refractivity contribution >= 4 is 5.69 Å². The number of alkyl halides is 1. The second kappa shape index (κ2) is 5.87. The third-order valence-corrected chi connectivity index (χ3v) is 3.70. The van der Waals surface area contributed by atoms with Crippen LogP contribution in [0.4, 0.5) is 14.5 Å². The number of hydrogen-bond acceptors (Lipinski definition) is 2. The lowest BCUT2D eigenvalue weighted by molar-refractivity contribution is 0.221. The summed E-state index contributed by atoms with van der Waals surface area (Å²) in [6, 6.07) is 4.56. The molecule has 1 aromatic rings. The van der Waals surface area contributed by atoms with Gasteiger partial charge >= 0.3 is 0 Å². The standard InChI is InChI=1S/C15H22F2N2/c1-15(2,17)12-3-4-14(13(16)9-12)19-10-11-5-7-18-8-6-11/h3-4,9,11,18-19H,5-8,10H2,1-2H3. The summed E-state index contributed by atoms with van der Waals surface area (Å²) >= 11 is 0. The van der Waals surface area contributed by atoms with Crippen molar-refractivity contribution < 1.29 is 8.78 Å². The molecular weight excluding hydrogens is 246 g/mol. The van der Waals surface area contributed by atoms with Gasteiger partial charge in [0.25, 0.3) is 0 Å². The van der Waals surface area contributed by atoms with Crippen LogP contribution in [-0.2, 0) is 5.67 Å². The normalized spacial score (nSPS) is 17.5. The Labute approximate surface area is 113 Å². The van der Waals surface area contributed by atoms with E-state index in [1.165, 1.54) is 19.9 Å². The molecule has 0 spiro atoms. The average molecular weight is 268 g/mol. The molecule has 0 radical (unpaired) electrons. The molecule has 0 atom stereocenters. The molecule has 4 heteroatoms. The minimum Gasteiger partial charge on any atom is -0.382 e. The fraction of sp³-hybridized carbons (Fsp3) is 0.600. The van der Waals surface area contributed by atoms with Crippen molar-refractivity contribution in [3.8, 4) is 0 Å². The van der Waals surface area contributed by atoms with E-state index < -0.39 is 5.67 Å². The van der Waals surface area contributed by atoms with Gasteiger partial charge in [-0.2, -0.15) is 0 Å². The molecule has 1 saturated heterocycles. The second-order valence-electron chi connectivity index (χ2n) is 5.74. The summed E-state index contributed by atoms with van der Waals surface area (Å²) in [5.74, 6) is 0.204. The Balaban J connectivity index is 1.97. The molecule has 1 aromatic carbocycles. The Morgan fingerprint density at radius 3 is 2.58 bits per heavy atom. The molecule has 2 nitrogen and oxygen atoms in total. The van der Waals surface area contributed by atoms with Crippen LogP contribution >= 0.6 is 0 Å². The maximum atomic E-state index is 13.9. The van der Waals surface area contributed by atoms with Gasteiger partial charge in [-0.1, -0.05) is 6.07 Å². The largest absolute Gasteiger partial charge is 0.382 e. The van der Waals surface area contributed by atoms with Crippen LogP contribution in [-0.4, -0.2) is 19.6 Å². The van der Waals surface area contributed by atoms with Gasteiger partial charge in [0.2, 0.25) is 0 Å². The lowest BCUT2D eigenvalue weighted by atomic mass is 9.97. The van der Waals surface area contributed by atoms with E-state index in [4.69, 9.17) is 0 Å². The van der Waals surface area contributed by atoms with E-state index in [0.29, 0.717) is 17.2 Å². The zero-order chi connectivity index (χ0) is 13.9. The molecule has 0 bridgehead atoms. The molecule has 1 aliphatic heterocycles. The number of nitrogens with one attached hydrogen (secondary N) is 2. The van der Waals surface area contributed by atoms with Gasteiger partial charge in [-0.25, -0.2) is 8.78 Å². The molecule has 2 rings (SSSR count). The van der Waals surface area contributed by atoms with Gasteiger partial charge in [0.15, 0.2) is 0 Å². The SMILES string of the molecule is CC(C)(F)c1ccc(NCC2CCNCC2)c(F)c1. The van der Waals surface area contributed by atoms with Gasteiger partial charge in [0, 0.05) is 6.54 Å². The smallest absolute Gasteiger partial charge is 0.146 e.